The highest BCUT2D eigenvalue weighted by Gasteiger charge is 2.44. The van der Waals surface area contributed by atoms with E-state index in [0.29, 0.717) is 5.56 Å². The van der Waals surface area contributed by atoms with Crippen LogP contribution in [0.1, 0.15) is 56.4 Å². The lowest BCUT2D eigenvalue weighted by Gasteiger charge is -2.29. The molecular formula is C22H19F3N4O4. The van der Waals surface area contributed by atoms with Crippen LogP contribution in [-0.4, -0.2) is 45.7 Å². The van der Waals surface area contributed by atoms with Crippen molar-refractivity contribution in [3.05, 3.63) is 64.5 Å². The maximum absolute atomic E-state index is 13.7. The van der Waals surface area contributed by atoms with Crippen LogP contribution in [-0.2, 0) is 16.1 Å². The predicted octanol–water partition coefficient (Wildman–Crippen LogP) is 2.18. The second-order valence-corrected chi connectivity index (χ2v) is 7.93. The lowest BCUT2D eigenvalue weighted by Crippen LogP contribution is -2.52. The molecule has 1 aromatic carbocycles. The fraction of sp³-hybridized carbons (Fsp3) is 0.318. The van der Waals surface area contributed by atoms with Gasteiger partial charge in [-0.15, -0.1) is 0 Å². The first-order valence-corrected chi connectivity index (χ1v) is 10.1. The van der Waals surface area contributed by atoms with Gasteiger partial charge in [-0.05, 0) is 48.7 Å². The van der Waals surface area contributed by atoms with E-state index in [9.17, 15) is 32.3 Å². The lowest BCUT2D eigenvalue weighted by atomic mass is 10.0. The number of fused-ring (bicyclic) bond motifs is 1. The first-order chi connectivity index (χ1) is 15.6. The van der Waals surface area contributed by atoms with Gasteiger partial charge in [0.2, 0.25) is 11.8 Å². The number of piperidine rings is 1. The smallest absolute Gasteiger partial charge is 0.335 e. The van der Waals surface area contributed by atoms with E-state index < -0.39 is 41.9 Å². The summed E-state index contributed by atoms with van der Waals surface area (Å²) in [6, 6.07) is 3.79. The number of carbonyl (C=O) groups excluding carboxylic acids is 4. The van der Waals surface area contributed by atoms with Gasteiger partial charge in [0.1, 0.15) is 6.04 Å². The van der Waals surface area contributed by atoms with E-state index in [4.69, 9.17) is 0 Å². The molecule has 2 aromatic rings. The molecule has 172 valence electrons. The van der Waals surface area contributed by atoms with Crippen LogP contribution in [0.4, 0.5) is 13.2 Å². The average molecular weight is 460 g/mol. The highest BCUT2D eigenvalue weighted by atomic mass is 19.4. The van der Waals surface area contributed by atoms with E-state index in [1.54, 1.807) is 0 Å². The van der Waals surface area contributed by atoms with E-state index >= 15 is 0 Å². The molecule has 2 N–H and O–H groups in total. The molecule has 3 heterocycles. The highest BCUT2D eigenvalue weighted by Crippen LogP contribution is 2.34. The normalized spacial score (nSPS) is 19.2. The Labute approximate surface area is 186 Å². The van der Waals surface area contributed by atoms with Crippen LogP contribution in [0.5, 0.6) is 0 Å². The van der Waals surface area contributed by atoms with Crippen molar-refractivity contribution in [3.63, 3.8) is 0 Å². The summed E-state index contributed by atoms with van der Waals surface area (Å²) in [5, 5.41) is 4.18. The molecule has 1 unspecified atom stereocenters. The van der Waals surface area contributed by atoms with Crippen molar-refractivity contribution in [1.29, 1.82) is 0 Å². The Morgan fingerprint density at radius 2 is 2.00 bits per heavy atom. The summed E-state index contributed by atoms with van der Waals surface area (Å²) in [6.07, 6.45) is -3.29. The van der Waals surface area contributed by atoms with Gasteiger partial charge in [-0.1, -0.05) is 6.07 Å². The number of hydrogen-bond acceptors (Lipinski definition) is 5. The number of amides is 4. The van der Waals surface area contributed by atoms with Crippen molar-refractivity contribution < 1.29 is 32.3 Å². The Kier molecular flexibility index (Phi) is 5.64. The predicted molar refractivity (Wildman–Crippen MR) is 108 cm³/mol. The molecule has 1 aromatic heterocycles. The molecule has 8 nitrogen and oxygen atoms in total. The van der Waals surface area contributed by atoms with Crippen LogP contribution in [0.2, 0.25) is 0 Å². The molecule has 1 saturated heterocycles. The molecule has 0 spiro atoms. The molecule has 0 saturated carbocycles. The summed E-state index contributed by atoms with van der Waals surface area (Å²) in [7, 11) is 0. The van der Waals surface area contributed by atoms with E-state index in [0.717, 1.165) is 0 Å². The maximum atomic E-state index is 13.7. The van der Waals surface area contributed by atoms with Crippen LogP contribution >= 0.6 is 0 Å². The summed E-state index contributed by atoms with van der Waals surface area (Å²) in [6.45, 7) is 1.47. The SMILES string of the molecule is Cc1cccnc1[C@@H](NC(=O)c1ccc2c(c1)CN(C1CCC(=O)NC1=O)C2=O)C(F)(F)F. The Bertz CT molecular complexity index is 1160. The average Bonchev–Trinajstić information content (AvgIpc) is 3.07. The Balaban J connectivity index is 1.56. The van der Waals surface area contributed by atoms with Gasteiger partial charge in [-0.3, -0.25) is 29.5 Å². The van der Waals surface area contributed by atoms with Crippen LogP contribution in [0.3, 0.4) is 0 Å². The number of pyridine rings is 1. The van der Waals surface area contributed by atoms with Crippen molar-refractivity contribution in [3.8, 4) is 0 Å². The van der Waals surface area contributed by atoms with Crippen molar-refractivity contribution in [2.45, 2.75) is 44.6 Å². The summed E-state index contributed by atoms with van der Waals surface area (Å²) in [4.78, 5) is 54.0. The number of hydrogen-bond donors (Lipinski definition) is 2. The van der Waals surface area contributed by atoms with Crippen LogP contribution in [0.25, 0.3) is 0 Å². The quantitative estimate of drug-likeness (QED) is 0.680. The number of imide groups is 1. The maximum Gasteiger partial charge on any atom is 0.414 e. The third-order valence-corrected chi connectivity index (χ3v) is 5.71. The number of alkyl halides is 3. The molecule has 4 rings (SSSR count). The van der Waals surface area contributed by atoms with Crippen LogP contribution < -0.4 is 10.6 Å². The van der Waals surface area contributed by atoms with E-state index in [1.165, 1.54) is 48.4 Å². The molecule has 2 aliphatic heterocycles. The van der Waals surface area contributed by atoms with Crippen molar-refractivity contribution in [2.24, 2.45) is 0 Å². The molecule has 4 amide bonds. The van der Waals surface area contributed by atoms with Crippen LogP contribution in [0.15, 0.2) is 36.5 Å². The fourth-order valence-electron chi connectivity index (χ4n) is 4.04. The van der Waals surface area contributed by atoms with Crippen molar-refractivity contribution in [2.75, 3.05) is 0 Å². The fourth-order valence-corrected chi connectivity index (χ4v) is 4.04. The molecule has 11 heteroatoms. The molecular weight excluding hydrogens is 441 g/mol. The van der Waals surface area contributed by atoms with Gasteiger partial charge in [0.15, 0.2) is 6.04 Å². The number of halogens is 3. The zero-order valence-electron chi connectivity index (χ0n) is 17.4. The Hall–Kier alpha value is -3.76. The van der Waals surface area contributed by atoms with Crippen molar-refractivity contribution >= 4 is 23.6 Å². The monoisotopic (exact) mass is 460 g/mol. The number of rotatable bonds is 4. The van der Waals surface area contributed by atoms with Crippen molar-refractivity contribution in [1.82, 2.24) is 20.5 Å². The zero-order valence-corrected chi connectivity index (χ0v) is 17.4. The molecule has 0 radical (unpaired) electrons. The lowest BCUT2D eigenvalue weighted by molar-refractivity contribution is -0.156. The topological polar surface area (TPSA) is 108 Å². The molecule has 2 atom stereocenters. The molecule has 1 fully saturated rings. The third-order valence-electron chi connectivity index (χ3n) is 5.71. The number of aryl methyl sites for hydroxylation is 1. The number of aromatic nitrogens is 1. The Morgan fingerprint density at radius 1 is 1.24 bits per heavy atom. The standard InChI is InChI=1S/C22H19F3N4O4/c1-11-3-2-8-26-17(11)18(22(23,24)25)28-19(31)12-4-5-14-13(9-12)10-29(21(14)33)15-6-7-16(30)27-20(15)32/h2-5,8-9,15,18H,6-7,10H2,1H3,(H,28,31)(H,27,30,32)/t15?,18-/m1/s1. The van der Waals surface area contributed by atoms with Gasteiger partial charge >= 0.3 is 6.18 Å². The van der Waals surface area contributed by atoms with Gasteiger partial charge in [0.25, 0.3) is 11.8 Å². The Morgan fingerprint density at radius 3 is 2.67 bits per heavy atom. The second-order valence-electron chi connectivity index (χ2n) is 7.93. The minimum absolute atomic E-state index is 0.00358. The van der Waals surface area contributed by atoms with Gasteiger partial charge in [-0.25, -0.2) is 0 Å². The van der Waals surface area contributed by atoms with E-state index in [-0.39, 0.29) is 41.8 Å². The summed E-state index contributed by atoms with van der Waals surface area (Å²) in [5.74, 6) is -2.41. The number of nitrogens with one attached hydrogen (secondary N) is 2. The first kappa shape index (κ1) is 22.4. The summed E-state index contributed by atoms with van der Waals surface area (Å²) < 4.78 is 41.1. The first-order valence-electron chi connectivity index (χ1n) is 10.1. The number of benzene rings is 1. The van der Waals surface area contributed by atoms with Gasteiger partial charge in [0, 0.05) is 30.3 Å². The molecule has 0 bridgehead atoms. The second kappa shape index (κ2) is 8.30. The summed E-state index contributed by atoms with van der Waals surface area (Å²) in [5.41, 5.74) is 0.576. The van der Waals surface area contributed by atoms with Gasteiger partial charge in [0.05, 0.1) is 5.69 Å². The molecule has 33 heavy (non-hydrogen) atoms. The van der Waals surface area contributed by atoms with E-state index in [2.05, 4.69) is 10.3 Å². The minimum atomic E-state index is -4.77. The van der Waals surface area contributed by atoms with Crippen LogP contribution in [0, 0.1) is 6.92 Å². The minimum Gasteiger partial charge on any atom is -0.335 e. The van der Waals surface area contributed by atoms with Gasteiger partial charge in [-0.2, -0.15) is 13.2 Å². The molecule has 0 aliphatic carbocycles. The largest absolute Gasteiger partial charge is 0.414 e. The molecule has 2 aliphatic rings. The number of nitrogens with zero attached hydrogens (tertiary/aromatic N) is 2. The van der Waals surface area contributed by atoms with E-state index in [1.807, 2.05) is 5.32 Å². The highest BCUT2D eigenvalue weighted by molar-refractivity contribution is 6.06. The van der Waals surface area contributed by atoms with Gasteiger partial charge < -0.3 is 10.2 Å². The number of carbonyl (C=O) groups is 4. The third kappa shape index (κ3) is 4.30. The summed E-state index contributed by atoms with van der Waals surface area (Å²) >= 11 is 0. The zero-order chi connectivity index (χ0) is 23.9.